The van der Waals surface area contributed by atoms with Gasteiger partial charge in [0.25, 0.3) is 5.56 Å². The van der Waals surface area contributed by atoms with Gasteiger partial charge in [0, 0.05) is 42.9 Å². The average Bonchev–Trinajstić information content (AvgIpc) is 3.31. The predicted octanol–water partition coefficient (Wildman–Crippen LogP) is 3.63. The van der Waals surface area contributed by atoms with Gasteiger partial charge in [0.1, 0.15) is 11.9 Å². The van der Waals surface area contributed by atoms with Crippen LogP contribution >= 0.6 is 0 Å². The molecule has 0 bridgehead atoms. The number of aryl methyl sites for hydroxylation is 1. The first-order chi connectivity index (χ1) is 16.7. The summed E-state index contributed by atoms with van der Waals surface area (Å²) in [6, 6.07) is 14.1. The number of hydrogen-bond acceptors (Lipinski definition) is 6. The molecule has 0 amide bonds. The van der Waals surface area contributed by atoms with Gasteiger partial charge in [0.05, 0.1) is 5.54 Å². The molecule has 5 rings (SSSR count). The van der Waals surface area contributed by atoms with Gasteiger partial charge in [-0.15, -0.1) is 5.10 Å². The molecular formula is C26H30FN7O. The second kappa shape index (κ2) is 8.88. The van der Waals surface area contributed by atoms with Gasteiger partial charge in [0.15, 0.2) is 5.82 Å². The number of tetrazole rings is 1. The van der Waals surface area contributed by atoms with Crippen LogP contribution in [-0.4, -0.2) is 56.3 Å². The van der Waals surface area contributed by atoms with Gasteiger partial charge >= 0.3 is 0 Å². The highest BCUT2D eigenvalue weighted by Crippen LogP contribution is 2.31. The fourth-order valence-corrected chi connectivity index (χ4v) is 4.78. The van der Waals surface area contributed by atoms with E-state index in [9.17, 15) is 9.18 Å². The summed E-state index contributed by atoms with van der Waals surface area (Å²) >= 11 is 0. The van der Waals surface area contributed by atoms with Gasteiger partial charge < -0.3 is 9.88 Å². The Morgan fingerprint density at radius 1 is 1.00 bits per heavy atom. The van der Waals surface area contributed by atoms with Crippen molar-refractivity contribution in [1.82, 2.24) is 30.1 Å². The van der Waals surface area contributed by atoms with Gasteiger partial charge in [0.2, 0.25) is 0 Å². The zero-order valence-electron chi connectivity index (χ0n) is 20.5. The van der Waals surface area contributed by atoms with Crippen molar-refractivity contribution < 1.29 is 4.39 Å². The molecule has 35 heavy (non-hydrogen) atoms. The van der Waals surface area contributed by atoms with E-state index in [1.165, 1.54) is 12.1 Å². The highest BCUT2D eigenvalue weighted by molar-refractivity contribution is 5.79. The fourth-order valence-electron chi connectivity index (χ4n) is 4.78. The van der Waals surface area contributed by atoms with E-state index in [0.717, 1.165) is 35.2 Å². The molecule has 0 spiro atoms. The van der Waals surface area contributed by atoms with Crippen LogP contribution in [0.3, 0.4) is 0 Å². The molecule has 9 heteroatoms. The number of rotatable bonds is 4. The van der Waals surface area contributed by atoms with Crippen molar-refractivity contribution >= 4 is 16.6 Å². The molecule has 2 aromatic heterocycles. The molecule has 1 unspecified atom stereocenters. The molecule has 0 radical (unpaired) electrons. The van der Waals surface area contributed by atoms with Crippen molar-refractivity contribution in [3.63, 3.8) is 0 Å². The number of nitrogens with one attached hydrogen (secondary N) is 1. The number of anilines is 1. The maximum Gasteiger partial charge on any atom is 0.253 e. The van der Waals surface area contributed by atoms with Crippen molar-refractivity contribution in [2.75, 3.05) is 31.1 Å². The predicted molar refractivity (Wildman–Crippen MR) is 134 cm³/mol. The Morgan fingerprint density at radius 2 is 1.71 bits per heavy atom. The van der Waals surface area contributed by atoms with Gasteiger partial charge in [-0.1, -0.05) is 11.6 Å². The van der Waals surface area contributed by atoms with Crippen molar-refractivity contribution in [3.8, 4) is 0 Å². The topological polar surface area (TPSA) is 82.9 Å². The van der Waals surface area contributed by atoms with Crippen LogP contribution in [0.5, 0.6) is 0 Å². The lowest BCUT2D eigenvalue weighted by Crippen LogP contribution is -2.49. The number of halogens is 1. The monoisotopic (exact) mass is 475 g/mol. The minimum atomic E-state index is -0.409. The number of piperazine rings is 1. The first-order valence-corrected chi connectivity index (χ1v) is 11.9. The van der Waals surface area contributed by atoms with E-state index >= 15 is 0 Å². The molecule has 1 saturated heterocycles. The Hall–Kier alpha value is -3.59. The second-order valence-corrected chi connectivity index (χ2v) is 10.2. The SMILES string of the molecule is Cc1ccc2[nH]c(=O)c(C(c3nnnn3C(C)(C)C)N3CCN(c4ccc(F)cc4)CC3)cc2c1. The summed E-state index contributed by atoms with van der Waals surface area (Å²) in [5, 5.41) is 13.6. The highest BCUT2D eigenvalue weighted by atomic mass is 19.1. The first-order valence-electron chi connectivity index (χ1n) is 11.9. The smallest absolute Gasteiger partial charge is 0.253 e. The molecule has 2 aromatic carbocycles. The lowest BCUT2D eigenvalue weighted by Gasteiger charge is -2.40. The minimum absolute atomic E-state index is 0.143. The lowest BCUT2D eigenvalue weighted by molar-refractivity contribution is 0.190. The quantitative estimate of drug-likeness (QED) is 0.485. The number of aromatic amines is 1. The van der Waals surface area contributed by atoms with Crippen molar-refractivity contribution in [3.05, 3.63) is 81.7 Å². The van der Waals surface area contributed by atoms with E-state index in [0.29, 0.717) is 24.5 Å². The normalized spacial score (nSPS) is 16.1. The number of hydrogen-bond donors (Lipinski definition) is 1. The maximum absolute atomic E-state index is 13.4. The van der Waals surface area contributed by atoms with Gasteiger partial charge in [-0.3, -0.25) is 9.69 Å². The third-order valence-electron chi connectivity index (χ3n) is 6.57. The summed E-state index contributed by atoms with van der Waals surface area (Å²) in [7, 11) is 0. The average molecular weight is 476 g/mol. The Bertz CT molecular complexity index is 1400. The van der Waals surface area contributed by atoms with Crippen LogP contribution < -0.4 is 10.5 Å². The van der Waals surface area contributed by atoms with Crippen LogP contribution in [0.2, 0.25) is 0 Å². The maximum atomic E-state index is 13.4. The molecule has 0 aliphatic carbocycles. The molecule has 1 aliphatic heterocycles. The molecule has 0 saturated carbocycles. The van der Waals surface area contributed by atoms with Crippen LogP contribution in [0.1, 0.15) is 43.8 Å². The summed E-state index contributed by atoms with van der Waals surface area (Å²) in [6.45, 7) is 11.1. The summed E-state index contributed by atoms with van der Waals surface area (Å²) in [5.74, 6) is 0.400. The number of benzene rings is 2. The van der Waals surface area contributed by atoms with Crippen LogP contribution in [0.15, 0.2) is 53.3 Å². The number of fused-ring (bicyclic) bond motifs is 1. The van der Waals surface area contributed by atoms with E-state index in [1.807, 2.05) is 50.6 Å². The molecule has 1 fully saturated rings. The molecule has 1 atom stereocenters. The standard InChI is InChI=1S/C26H30FN7O/c1-17-5-10-22-18(15-17)16-21(25(35)28-22)23(24-29-30-31-34(24)26(2,3)4)33-13-11-32(12-14-33)20-8-6-19(27)7-9-20/h5-10,15-16,23H,11-14H2,1-4H3,(H,28,35). The van der Waals surface area contributed by atoms with Gasteiger partial charge in [-0.25, -0.2) is 9.07 Å². The van der Waals surface area contributed by atoms with Crippen LogP contribution in [0, 0.1) is 12.7 Å². The lowest BCUT2D eigenvalue weighted by atomic mass is 10.0. The summed E-state index contributed by atoms with van der Waals surface area (Å²) in [5.41, 5.74) is 3.04. The molecule has 182 valence electrons. The highest BCUT2D eigenvalue weighted by Gasteiger charge is 2.35. The third kappa shape index (κ3) is 4.55. The second-order valence-electron chi connectivity index (χ2n) is 10.2. The number of pyridine rings is 1. The van der Waals surface area contributed by atoms with E-state index in [4.69, 9.17) is 0 Å². The Labute approximate surface area is 203 Å². The molecule has 3 heterocycles. The van der Waals surface area contributed by atoms with Crippen LogP contribution in [0.4, 0.5) is 10.1 Å². The zero-order chi connectivity index (χ0) is 24.7. The van der Waals surface area contributed by atoms with Crippen molar-refractivity contribution in [2.45, 2.75) is 39.3 Å². The Kier molecular flexibility index (Phi) is 5.88. The van der Waals surface area contributed by atoms with E-state index in [1.54, 1.807) is 12.1 Å². The molecule has 4 aromatic rings. The molecule has 1 N–H and O–H groups in total. The Morgan fingerprint density at radius 3 is 2.40 bits per heavy atom. The first kappa shape index (κ1) is 23.2. The third-order valence-corrected chi connectivity index (χ3v) is 6.57. The zero-order valence-corrected chi connectivity index (χ0v) is 20.5. The van der Waals surface area contributed by atoms with Gasteiger partial charge in [-0.2, -0.15) is 0 Å². The van der Waals surface area contributed by atoms with E-state index in [2.05, 4.69) is 36.4 Å². The van der Waals surface area contributed by atoms with E-state index in [-0.39, 0.29) is 16.9 Å². The molecular weight excluding hydrogens is 445 g/mol. The van der Waals surface area contributed by atoms with Crippen molar-refractivity contribution in [2.24, 2.45) is 0 Å². The van der Waals surface area contributed by atoms with Gasteiger partial charge in [-0.05, 0) is 86.0 Å². The fraction of sp³-hybridized carbons (Fsp3) is 0.385. The number of nitrogens with zero attached hydrogens (tertiary/aromatic N) is 6. The Balaban J connectivity index is 1.55. The number of H-pyrrole nitrogens is 1. The summed E-state index contributed by atoms with van der Waals surface area (Å²) < 4.78 is 15.2. The van der Waals surface area contributed by atoms with Crippen LogP contribution in [-0.2, 0) is 5.54 Å². The summed E-state index contributed by atoms with van der Waals surface area (Å²) in [6.07, 6.45) is 0. The number of aromatic nitrogens is 5. The largest absolute Gasteiger partial charge is 0.369 e. The minimum Gasteiger partial charge on any atom is -0.369 e. The van der Waals surface area contributed by atoms with Crippen molar-refractivity contribution in [1.29, 1.82) is 0 Å². The van der Waals surface area contributed by atoms with Crippen LogP contribution in [0.25, 0.3) is 10.9 Å². The molecule has 8 nitrogen and oxygen atoms in total. The summed E-state index contributed by atoms with van der Waals surface area (Å²) in [4.78, 5) is 20.9. The van der Waals surface area contributed by atoms with E-state index < -0.39 is 6.04 Å². The molecule has 1 aliphatic rings.